The van der Waals surface area contributed by atoms with Crippen molar-refractivity contribution in [3.8, 4) is 0 Å². The van der Waals surface area contributed by atoms with Gasteiger partial charge in [-0.2, -0.15) is 0 Å². The number of allylic oxidation sites excluding steroid dienone is 6. The maximum absolute atomic E-state index is 13.0. The molecule has 5 rings (SSSR count). The lowest BCUT2D eigenvalue weighted by Crippen LogP contribution is -2.43. The van der Waals surface area contributed by atoms with Gasteiger partial charge in [0.15, 0.2) is 5.78 Å². The zero-order valence-corrected chi connectivity index (χ0v) is 13.8. The first-order chi connectivity index (χ1) is 11.2. The van der Waals surface area contributed by atoms with Gasteiger partial charge in [0.05, 0.1) is 12.0 Å². The van der Waals surface area contributed by atoms with Crippen LogP contribution in [-0.4, -0.2) is 25.1 Å². The minimum atomic E-state index is -0.463. The number of hydrogen-bond acceptors (Lipinski definition) is 3. The fraction of sp³-hybridized carbons (Fsp3) is 0.650. The molecule has 0 spiro atoms. The van der Waals surface area contributed by atoms with Gasteiger partial charge in [0.2, 0.25) is 0 Å². The normalized spacial score (nSPS) is 42.0. The summed E-state index contributed by atoms with van der Waals surface area (Å²) in [6.07, 6.45) is 11.4. The second-order valence-electron chi connectivity index (χ2n) is 7.83. The van der Waals surface area contributed by atoms with E-state index < -0.39 is 5.41 Å². The van der Waals surface area contributed by atoms with Gasteiger partial charge in [-0.05, 0) is 80.1 Å². The number of hydrogen-bond donors (Lipinski definition) is 0. The van der Waals surface area contributed by atoms with Crippen molar-refractivity contribution in [3.63, 3.8) is 0 Å². The van der Waals surface area contributed by atoms with E-state index in [-0.39, 0.29) is 11.9 Å². The van der Waals surface area contributed by atoms with Crippen LogP contribution in [0.3, 0.4) is 0 Å². The third-order valence-corrected chi connectivity index (χ3v) is 6.84. The first-order valence-electron chi connectivity index (χ1n) is 9.13. The maximum atomic E-state index is 13.0. The van der Waals surface area contributed by atoms with Crippen LogP contribution in [0.5, 0.6) is 0 Å². The molecule has 0 aromatic carbocycles. The summed E-state index contributed by atoms with van der Waals surface area (Å²) >= 11 is 0. The summed E-state index contributed by atoms with van der Waals surface area (Å²) in [6, 6.07) is 0. The van der Waals surface area contributed by atoms with Crippen molar-refractivity contribution in [3.05, 3.63) is 34.6 Å². The van der Waals surface area contributed by atoms with Crippen molar-refractivity contribution in [1.82, 2.24) is 0 Å². The van der Waals surface area contributed by atoms with Gasteiger partial charge in [-0.15, -0.1) is 0 Å². The molecule has 2 fully saturated rings. The molecule has 1 saturated heterocycles. The van der Waals surface area contributed by atoms with Crippen molar-refractivity contribution < 1.29 is 14.3 Å². The molecule has 0 aromatic rings. The van der Waals surface area contributed by atoms with Crippen molar-refractivity contribution in [2.75, 3.05) is 13.2 Å². The molecule has 4 atom stereocenters. The third-order valence-electron chi connectivity index (χ3n) is 6.84. The first kappa shape index (κ1) is 14.0. The molecular weight excluding hydrogens is 288 g/mol. The Balaban J connectivity index is 1.71. The van der Waals surface area contributed by atoms with Gasteiger partial charge in [-0.3, -0.25) is 4.79 Å². The van der Waals surface area contributed by atoms with Crippen LogP contribution < -0.4 is 0 Å². The van der Waals surface area contributed by atoms with Crippen molar-refractivity contribution in [2.24, 2.45) is 17.3 Å². The molecular formula is C20H24O3. The highest BCUT2D eigenvalue weighted by Crippen LogP contribution is 2.59. The summed E-state index contributed by atoms with van der Waals surface area (Å²) in [7, 11) is 0. The molecule has 1 heterocycles. The molecule has 3 nitrogen and oxygen atoms in total. The number of fused-ring (bicyclic) bond motifs is 4. The summed E-state index contributed by atoms with van der Waals surface area (Å²) in [5.74, 6) is 2.03. The third kappa shape index (κ3) is 1.77. The molecule has 23 heavy (non-hydrogen) atoms. The minimum absolute atomic E-state index is 0.218. The molecule has 0 amide bonds. The number of ether oxygens (including phenoxy) is 2. The highest BCUT2D eigenvalue weighted by Gasteiger charge is 2.60. The van der Waals surface area contributed by atoms with Crippen LogP contribution in [-0.2, 0) is 14.3 Å². The summed E-state index contributed by atoms with van der Waals surface area (Å²) in [5.41, 5.74) is 4.14. The zero-order chi connectivity index (χ0) is 15.6. The van der Waals surface area contributed by atoms with Gasteiger partial charge in [-0.1, -0.05) is 6.08 Å². The molecule has 1 unspecified atom stereocenters. The molecule has 2 bridgehead atoms. The van der Waals surface area contributed by atoms with E-state index in [1.807, 2.05) is 0 Å². The van der Waals surface area contributed by atoms with E-state index in [2.05, 4.69) is 19.1 Å². The minimum Gasteiger partial charge on any atom is -0.494 e. The number of carbonyl (C=O) groups excluding carboxylic acids is 1. The molecule has 0 N–H and O–H groups in total. The number of ketones is 1. The summed E-state index contributed by atoms with van der Waals surface area (Å²) < 4.78 is 11.9. The molecule has 4 aliphatic carbocycles. The Morgan fingerprint density at radius 1 is 1.26 bits per heavy atom. The Morgan fingerprint density at radius 3 is 3.09 bits per heavy atom. The van der Waals surface area contributed by atoms with Crippen LogP contribution in [0.1, 0.15) is 45.4 Å². The lowest BCUT2D eigenvalue weighted by Gasteiger charge is -2.45. The van der Waals surface area contributed by atoms with E-state index in [1.54, 1.807) is 11.1 Å². The van der Waals surface area contributed by atoms with Crippen LogP contribution >= 0.6 is 0 Å². The first-order valence-corrected chi connectivity index (χ1v) is 9.13. The lowest BCUT2D eigenvalue weighted by molar-refractivity contribution is -0.139. The fourth-order valence-corrected chi connectivity index (χ4v) is 5.65. The van der Waals surface area contributed by atoms with Gasteiger partial charge in [-0.25, -0.2) is 0 Å². The second-order valence-corrected chi connectivity index (χ2v) is 7.83. The molecule has 1 saturated carbocycles. The number of carbonyl (C=O) groups is 1. The van der Waals surface area contributed by atoms with Gasteiger partial charge in [0.1, 0.15) is 18.5 Å². The van der Waals surface area contributed by atoms with Crippen molar-refractivity contribution in [1.29, 1.82) is 0 Å². The van der Waals surface area contributed by atoms with E-state index in [4.69, 9.17) is 9.47 Å². The topological polar surface area (TPSA) is 35.5 Å². The van der Waals surface area contributed by atoms with Crippen LogP contribution in [0.4, 0.5) is 0 Å². The van der Waals surface area contributed by atoms with Crippen LogP contribution in [0.2, 0.25) is 0 Å². The van der Waals surface area contributed by atoms with E-state index in [9.17, 15) is 4.79 Å². The van der Waals surface area contributed by atoms with E-state index >= 15 is 0 Å². The highest BCUT2D eigenvalue weighted by molar-refractivity contribution is 5.94. The highest BCUT2D eigenvalue weighted by atomic mass is 16.5. The van der Waals surface area contributed by atoms with Gasteiger partial charge < -0.3 is 9.47 Å². The molecule has 122 valence electrons. The molecule has 1 aliphatic heterocycles. The van der Waals surface area contributed by atoms with Crippen molar-refractivity contribution in [2.45, 2.75) is 51.6 Å². The van der Waals surface area contributed by atoms with E-state index in [0.717, 1.165) is 12.2 Å². The summed E-state index contributed by atoms with van der Waals surface area (Å²) in [5, 5.41) is 0. The monoisotopic (exact) mass is 312 g/mol. The Hall–Kier alpha value is -1.35. The number of rotatable bonds is 0. The van der Waals surface area contributed by atoms with Crippen LogP contribution in [0, 0.1) is 17.3 Å². The summed E-state index contributed by atoms with van der Waals surface area (Å²) in [4.78, 5) is 13.0. The maximum Gasteiger partial charge on any atom is 0.175 e. The predicted molar refractivity (Wildman–Crippen MR) is 86.7 cm³/mol. The van der Waals surface area contributed by atoms with Gasteiger partial charge in [0.25, 0.3) is 0 Å². The SMILES string of the molecule is C[C@@]12C(=O)C3C[C@H]1[C@@H]1CCC4=CCCCC4=C1C=C2OCCO3. The quantitative estimate of drug-likeness (QED) is 0.684. The van der Waals surface area contributed by atoms with Gasteiger partial charge >= 0.3 is 0 Å². The second kappa shape index (κ2) is 4.83. The Bertz CT molecular complexity index is 668. The van der Waals surface area contributed by atoms with Gasteiger partial charge in [0, 0.05) is 0 Å². The summed E-state index contributed by atoms with van der Waals surface area (Å²) in [6.45, 7) is 3.19. The zero-order valence-electron chi connectivity index (χ0n) is 13.8. The average Bonchev–Trinajstić information content (AvgIpc) is 2.84. The molecule has 5 aliphatic rings. The number of Topliss-reactive ketones (excluding diaryl/α,β-unsaturated/α-hetero) is 1. The molecule has 0 aromatic heterocycles. The Morgan fingerprint density at radius 2 is 2.17 bits per heavy atom. The lowest BCUT2D eigenvalue weighted by atomic mass is 9.60. The van der Waals surface area contributed by atoms with Crippen LogP contribution in [0.15, 0.2) is 34.6 Å². The van der Waals surface area contributed by atoms with E-state index in [1.165, 1.54) is 37.7 Å². The standard InChI is InChI=1S/C20H24O3/c1-20-16-11-17(19(20)21)22-8-9-23-18(20)10-15-13-5-3-2-4-12(13)6-7-14(15)16/h4,10,14,16-17H,2-3,5-9,11H2,1H3/t14-,16+,17?,20-/m1/s1. The smallest absolute Gasteiger partial charge is 0.175 e. The van der Waals surface area contributed by atoms with Crippen molar-refractivity contribution >= 4 is 5.78 Å². The fourth-order valence-electron chi connectivity index (χ4n) is 5.65. The Kier molecular flexibility index (Phi) is 2.94. The molecule has 0 radical (unpaired) electrons. The van der Waals surface area contributed by atoms with E-state index in [0.29, 0.717) is 25.0 Å². The average molecular weight is 312 g/mol. The largest absolute Gasteiger partial charge is 0.494 e. The van der Waals surface area contributed by atoms with Crippen LogP contribution in [0.25, 0.3) is 0 Å². The Labute approximate surface area is 137 Å². The molecule has 3 heteroatoms. The predicted octanol–water partition coefficient (Wildman–Crippen LogP) is 3.71.